The van der Waals surface area contributed by atoms with Crippen molar-refractivity contribution in [3.05, 3.63) is 29.3 Å². The minimum absolute atomic E-state index is 0. The second-order valence-electron chi connectivity index (χ2n) is 6.97. The van der Waals surface area contributed by atoms with Gasteiger partial charge in [-0.1, -0.05) is 37.8 Å². The van der Waals surface area contributed by atoms with Gasteiger partial charge in [0.1, 0.15) is 5.75 Å². The molecular weight excluding hydrogens is 421 g/mol. The van der Waals surface area contributed by atoms with Gasteiger partial charge in [0.2, 0.25) is 6.29 Å². The van der Waals surface area contributed by atoms with Gasteiger partial charge in [0, 0.05) is 24.4 Å². The molecule has 0 spiro atoms. The van der Waals surface area contributed by atoms with E-state index in [0.717, 1.165) is 32.1 Å². The Morgan fingerprint density at radius 2 is 1.80 bits per heavy atom. The summed E-state index contributed by atoms with van der Waals surface area (Å²) in [5.74, 6) is -0.391. The number of nitrogens with one attached hydrogen (secondary N) is 1. The predicted molar refractivity (Wildman–Crippen MR) is 109 cm³/mol. The van der Waals surface area contributed by atoms with Crippen LogP contribution in [0.15, 0.2) is 24.3 Å². The van der Waals surface area contributed by atoms with Crippen molar-refractivity contribution in [3.8, 4) is 5.75 Å². The third-order valence-corrected chi connectivity index (χ3v) is 4.88. The monoisotopic (exact) mass is 449 g/mol. The third-order valence-electron chi connectivity index (χ3n) is 4.63. The number of carbonyl (C=O) groups excluding carboxylic acids is 3. The topological polar surface area (TPSA) is 90.9 Å². The summed E-state index contributed by atoms with van der Waals surface area (Å²) in [7, 11) is 0. The Kier molecular flexibility index (Phi) is 13.1. The SMILES string of the molecule is CCC(OC(=O)NCCCC(=O)Oc1ccc(Cl)cc1)OC(=O)C1CCCCC1.[H-].[Na+]. The van der Waals surface area contributed by atoms with Gasteiger partial charge in [0.05, 0.1) is 5.92 Å². The second kappa shape index (κ2) is 14.7. The average Bonchev–Trinajstić information content (AvgIpc) is 2.73. The van der Waals surface area contributed by atoms with Crippen LogP contribution >= 0.6 is 11.6 Å². The van der Waals surface area contributed by atoms with Crippen LogP contribution in [0.5, 0.6) is 5.75 Å². The van der Waals surface area contributed by atoms with E-state index < -0.39 is 18.4 Å². The molecule has 1 fully saturated rings. The normalized spacial score (nSPS) is 14.7. The fourth-order valence-corrected chi connectivity index (χ4v) is 3.15. The average molecular weight is 450 g/mol. The van der Waals surface area contributed by atoms with E-state index in [0.29, 0.717) is 23.6 Å². The van der Waals surface area contributed by atoms with E-state index >= 15 is 0 Å². The van der Waals surface area contributed by atoms with E-state index in [9.17, 15) is 14.4 Å². The van der Waals surface area contributed by atoms with Gasteiger partial charge in [-0.2, -0.15) is 0 Å². The molecule has 1 aromatic rings. The molecule has 0 bridgehead atoms. The van der Waals surface area contributed by atoms with Gasteiger partial charge in [-0.05, 0) is 43.5 Å². The molecule has 1 aromatic carbocycles. The largest absolute Gasteiger partial charge is 1.00 e. The first kappa shape index (κ1) is 26.8. The number of hydrogen-bond acceptors (Lipinski definition) is 6. The Morgan fingerprint density at radius 3 is 2.43 bits per heavy atom. The van der Waals surface area contributed by atoms with Crippen LogP contribution < -0.4 is 39.6 Å². The summed E-state index contributed by atoms with van der Waals surface area (Å²) in [5, 5.41) is 3.11. The molecule has 9 heteroatoms. The van der Waals surface area contributed by atoms with Gasteiger partial charge in [0.15, 0.2) is 0 Å². The van der Waals surface area contributed by atoms with Crippen molar-refractivity contribution < 1.29 is 59.6 Å². The summed E-state index contributed by atoms with van der Waals surface area (Å²) in [6.45, 7) is 2.01. The van der Waals surface area contributed by atoms with Crippen molar-refractivity contribution >= 4 is 29.6 Å². The fourth-order valence-electron chi connectivity index (χ4n) is 3.02. The Bertz CT molecular complexity index is 685. The van der Waals surface area contributed by atoms with Crippen LogP contribution in [-0.2, 0) is 19.1 Å². The molecule has 7 nitrogen and oxygen atoms in total. The van der Waals surface area contributed by atoms with Gasteiger partial charge in [0.25, 0.3) is 0 Å². The van der Waals surface area contributed by atoms with Crippen molar-refractivity contribution in [3.63, 3.8) is 0 Å². The minimum atomic E-state index is -0.903. The van der Waals surface area contributed by atoms with E-state index in [-0.39, 0.29) is 55.8 Å². The first-order chi connectivity index (χ1) is 14.0. The smallest absolute Gasteiger partial charge is 1.00 e. The summed E-state index contributed by atoms with van der Waals surface area (Å²) in [6.07, 6.45) is 4.17. The van der Waals surface area contributed by atoms with Crippen LogP contribution in [0, 0.1) is 5.92 Å². The molecular formula is C21H29ClNNaO6. The zero-order valence-corrected chi connectivity index (χ0v) is 20.4. The zero-order chi connectivity index (χ0) is 21.1. The number of hydrogen-bond donors (Lipinski definition) is 1. The van der Waals surface area contributed by atoms with E-state index in [1.807, 2.05) is 0 Å². The van der Waals surface area contributed by atoms with Crippen LogP contribution in [0.25, 0.3) is 0 Å². The van der Waals surface area contributed by atoms with E-state index in [4.69, 9.17) is 25.8 Å². The van der Waals surface area contributed by atoms with E-state index in [2.05, 4.69) is 5.32 Å². The Hall–Kier alpha value is -1.28. The van der Waals surface area contributed by atoms with Gasteiger partial charge in [-0.25, -0.2) is 4.79 Å². The van der Waals surface area contributed by atoms with Crippen LogP contribution in [0.3, 0.4) is 0 Å². The number of carbonyl (C=O) groups is 3. The molecule has 0 heterocycles. The first-order valence-corrected chi connectivity index (χ1v) is 10.5. The number of alkyl carbamates (subject to hydrolysis) is 1. The van der Waals surface area contributed by atoms with Crippen molar-refractivity contribution in [2.75, 3.05) is 6.54 Å². The molecule has 1 amide bonds. The Morgan fingerprint density at radius 1 is 1.13 bits per heavy atom. The van der Waals surface area contributed by atoms with Crippen molar-refractivity contribution in [2.45, 2.75) is 64.6 Å². The second-order valence-corrected chi connectivity index (χ2v) is 7.41. The molecule has 30 heavy (non-hydrogen) atoms. The fraction of sp³-hybridized carbons (Fsp3) is 0.571. The molecule has 1 atom stereocenters. The quantitative estimate of drug-likeness (QED) is 0.203. The van der Waals surface area contributed by atoms with E-state index in [1.165, 1.54) is 0 Å². The van der Waals surface area contributed by atoms with Gasteiger partial charge < -0.3 is 21.0 Å². The molecule has 162 valence electrons. The van der Waals surface area contributed by atoms with Gasteiger partial charge in [-0.15, -0.1) is 0 Å². The maximum Gasteiger partial charge on any atom is 1.00 e. The molecule has 1 unspecified atom stereocenters. The Labute approximate surface area is 205 Å². The van der Waals surface area contributed by atoms with Gasteiger partial charge >= 0.3 is 47.6 Å². The molecule has 0 aliphatic heterocycles. The molecule has 0 saturated heterocycles. The van der Waals surface area contributed by atoms with Crippen LogP contribution in [-0.4, -0.2) is 30.9 Å². The molecule has 0 radical (unpaired) electrons. The molecule has 1 aliphatic rings. The molecule has 2 rings (SSSR count). The number of rotatable bonds is 9. The molecule has 1 N–H and O–H groups in total. The maximum atomic E-state index is 12.2. The van der Waals surface area contributed by atoms with Gasteiger partial charge in [-0.3, -0.25) is 9.59 Å². The standard InChI is InChI=1S/C21H28ClNO6.Na.H/c1-2-19(28-20(25)15-7-4-3-5-8-15)29-21(26)23-14-6-9-18(24)27-17-12-10-16(22)11-13-17;;/h10-13,15,19H,2-9,14H2,1H3,(H,23,26);;/q;+1;-1. The number of halogens is 1. The number of benzene rings is 1. The molecule has 1 aliphatic carbocycles. The van der Waals surface area contributed by atoms with Crippen LogP contribution in [0.2, 0.25) is 5.02 Å². The first-order valence-electron chi connectivity index (χ1n) is 10.1. The Balaban J connectivity index is 0.00000450. The van der Waals surface area contributed by atoms with Crippen molar-refractivity contribution in [1.29, 1.82) is 0 Å². The van der Waals surface area contributed by atoms with E-state index in [1.54, 1.807) is 31.2 Å². The zero-order valence-electron chi connectivity index (χ0n) is 18.7. The summed E-state index contributed by atoms with van der Waals surface area (Å²) in [6, 6.07) is 6.48. The summed E-state index contributed by atoms with van der Waals surface area (Å²) < 4.78 is 15.6. The maximum absolute atomic E-state index is 12.2. The van der Waals surface area contributed by atoms with Crippen LogP contribution in [0.1, 0.15) is 59.7 Å². The molecule has 1 saturated carbocycles. The number of ether oxygens (including phenoxy) is 3. The number of esters is 2. The summed E-state index contributed by atoms with van der Waals surface area (Å²) in [5.41, 5.74) is 0. The van der Waals surface area contributed by atoms with Crippen molar-refractivity contribution in [2.24, 2.45) is 5.92 Å². The van der Waals surface area contributed by atoms with Crippen LogP contribution in [0.4, 0.5) is 4.79 Å². The van der Waals surface area contributed by atoms with Crippen molar-refractivity contribution in [1.82, 2.24) is 5.32 Å². The third kappa shape index (κ3) is 10.2. The number of amides is 1. The summed E-state index contributed by atoms with van der Waals surface area (Å²) >= 11 is 5.77. The minimum Gasteiger partial charge on any atom is -1.00 e. The molecule has 0 aromatic heterocycles. The summed E-state index contributed by atoms with van der Waals surface area (Å²) in [4.78, 5) is 35.8. The predicted octanol–water partition coefficient (Wildman–Crippen LogP) is 1.73.